The average molecular weight is 195 g/mol. The predicted octanol–water partition coefficient (Wildman–Crippen LogP) is -0.376. The van der Waals surface area contributed by atoms with E-state index in [0.29, 0.717) is 17.8 Å². The Hall–Kier alpha value is -1.33. The quantitative estimate of drug-likeness (QED) is 0.534. The van der Waals surface area contributed by atoms with Gasteiger partial charge in [-0.2, -0.15) is 0 Å². The van der Waals surface area contributed by atoms with E-state index < -0.39 is 6.10 Å². The van der Waals surface area contributed by atoms with Crippen molar-refractivity contribution in [1.82, 2.24) is 4.57 Å². The van der Waals surface area contributed by atoms with Crippen molar-refractivity contribution >= 4 is 12.1 Å². The molecule has 2 heterocycles. The molecule has 0 radical (unpaired) electrons. The van der Waals surface area contributed by atoms with Gasteiger partial charge in [-0.1, -0.05) is 0 Å². The van der Waals surface area contributed by atoms with Crippen LogP contribution in [0.4, 0.5) is 5.82 Å². The third kappa shape index (κ3) is 1.13. The minimum absolute atomic E-state index is 0.315. The van der Waals surface area contributed by atoms with Gasteiger partial charge >= 0.3 is 0 Å². The number of carbonyl (C=O) groups is 1. The molecule has 1 aromatic rings. The fourth-order valence-corrected chi connectivity index (χ4v) is 1.76. The van der Waals surface area contributed by atoms with Crippen LogP contribution >= 0.6 is 0 Å². The maximum Gasteiger partial charge on any atom is 0.166 e. The normalized spacial score (nSPS) is 25.4. The van der Waals surface area contributed by atoms with E-state index in [1.54, 1.807) is 17.7 Å². The Labute approximate surface area is 81.5 Å². The standard InChI is InChI=1S/C9H13N3O2/c1-12-5(4-13)2-6-8(14)7(10)3-11-9(6)12/h2,4,7-8,11,14H,3,10H2,1H3. The van der Waals surface area contributed by atoms with Gasteiger partial charge in [0.05, 0.1) is 17.8 Å². The lowest BCUT2D eigenvalue weighted by molar-refractivity contribution is 0.111. The Kier molecular flexibility index (Phi) is 2.05. The van der Waals surface area contributed by atoms with E-state index in [4.69, 9.17) is 5.73 Å². The number of hydrogen-bond donors (Lipinski definition) is 3. The molecule has 0 aromatic carbocycles. The number of nitrogens with zero attached hydrogens (tertiary/aromatic N) is 1. The lowest BCUT2D eigenvalue weighted by atomic mass is 10.0. The molecule has 5 heteroatoms. The average Bonchev–Trinajstić information content (AvgIpc) is 2.50. The number of nitrogens with two attached hydrogens (primary N) is 1. The zero-order chi connectivity index (χ0) is 10.3. The first-order valence-electron chi connectivity index (χ1n) is 4.47. The van der Waals surface area contributed by atoms with Crippen molar-refractivity contribution in [3.05, 3.63) is 17.3 Å². The molecule has 0 aliphatic carbocycles. The van der Waals surface area contributed by atoms with E-state index in [1.165, 1.54) is 0 Å². The largest absolute Gasteiger partial charge is 0.387 e. The Morgan fingerprint density at radius 2 is 2.50 bits per heavy atom. The summed E-state index contributed by atoms with van der Waals surface area (Å²) in [6.07, 6.45) is 0.0734. The van der Waals surface area contributed by atoms with E-state index >= 15 is 0 Å². The molecule has 0 bridgehead atoms. The highest BCUT2D eigenvalue weighted by Gasteiger charge is 2.28. The molecule has 14 heavy (non-hydrogen) atoms. The topological polar surface area (TPSA) is 80.3 Å². The van der Waals surface area contributed by atoms with E-state index in [9.17, 15) is 9.90 Å². The number of aldehydes is 1. The van der Waals surface area contributed by atoms with Gasteiger partial charge in [-0.25, -0.2) is 0 Å². The highest BCUT2D eigenvalue weighted by atomic mass is 16.3. The van der Waals surface area contributed by atoms with Crippen LogP contribution in [-0.2, 0) is 7.05 Å². The van der Waals surface area contributed by atoms with Gasteiger partial charge in [0, 0.05) is 19.2 Å². The Bertz CT molecular complexity index is 372. The molecular formula is C9H13N3O2. The van der Waals surface area contributed by atoms with Gasteiger partial charge < -0.3 is 20.7 Å². The second-order valence-electron chi connectivity index (χ2n) is 3.54. The SMILES string of the molecule is Cn1c(C=O)cc2c1NCC(N)C2O. The van der Waals surface area contributed by atoms with Gasteiger partial charge in [0.15, 0.2) is 6.29 Å². The first-order valence-corrected chi connectivity index (χ1v) is 4.47. The van der Waals surface area contributed by atoms with Crippen LogP contribution in [0, 0.1) is 0 Å². The number of anilines is 1. The van der Waals surface area contributed by atoms with Crippen molar-refractivity contribution in [3.8, 4) is 0 Å². The molecule has 0 amide bonds. The van der Waals surface area contributed by atoms with Crippen molar-refractivity contribution in [2.24, 2.45) is 12.8 Å². The maximum atomic E-state index is 10.7. The first-order chi connectivity index (χ1) is 6.65. The zero-order valence-corrected chi connectivity index (χ0v) is 7.90. The Morgan fingerprint density at radius 1 is 1.79 bits per heavy atom. The molecule has 0 spiro atoms. The highest BCUT2D eigenvalue weighted by molar-refractivity contribution is 5.76. The monoisotopic (exact) mass is 195 g/mol. The van der Waals surface area contributed by atoms with E-state index in [0.717, 1.165) is 12.1 Å². The van der Waals surface area contributed by atoms with Crippen LogP contribution < -0.4 is 11.1 Å². The molecule has 4 N–H and O–H groups in total. The van der Waals surface area contributed by atoms with E-state index in [1.807, 2.05) is 0 Å². The van der Waals surface area contributed by atoms with Crippen LogP contribution in [0.25, 0.3) is 0 Å². The van der Waals surface area contributed by atoms with Crippen LogP contribution in [0.15, 0.2) is 6.07 Å². The van der Waals surface area contributed by atoms with Gasteiger partial charge in [-0.3, -0.25) is 4.79 Å². The van der Waals surface area contributed by atoms with Crippen LogP contribution in [0.1, 0.15) is 22.2 Å². The summed E-state index contributed by atoms with van der Waals surface area (Å²) >= 11 is 0. The van der Waals surface area contributed by atoms with Gasteiger partial charge in [-0.15, -0.1) is 0 Å². The summed E-state index contributed by atoms with van der Waals surface area (Å²) in [5, 5.41) is 12.9. The highest BCUT2D eigenvalue weighted by Crippen LogP contribution is 2.31. The summed E-state index contributed by atoms with van der Waals surface area (Å²) in [5.74, 6) is 0.779. The molecule has 0 fully saturated rings. The molecule has 1 aliphatic rings. The van der Waals surface area contributed by atoms with Crippen molar-refractivity contribution in [2.45, 2.75) is 12.1 Å². The van der Waals surface area contributed by atoms with Crippen molar-refractivity contribution in [1.29, 1.82) is 0 Å². The minimum atomic E-state index is -0.689. The summed E-state index contributed by atoms with van der Waals surface area (Å²) in [7, 11) is 1.78. The smallest absolute Gasteiger partial charge is 0.166 e. The second-order valence-corrected chi connectivity index (χ2v) is 3.54. The predicted molar refractivity (Wildman–Crippen MR) is 52.2 cm³/mol. The molecule has 2 rings (SSSR count). The third-order valence-electron chi connectivity index (χ3n) is 2.65. The fraction of sp³-hybridized carbons (Fsp3) is 0.444. The van der Waals surface area contributed by atoms with E-state index in [2.05, 4.69) is 5.32 Å². The number of fused-ring (bicyclic) bond motifs is 1. The lowest BCUT2D eigenvalue weighted by Gasteiger charge is -2.26. The lowest BCUT2D eigenvalue weighted by Crippen LogP contribution is -2.39. The number of aliphatic hydroxyl groups is 1. The molecule has 0 saturated heterocycles. The van der Waals surface area contributed by atoms with Crippen LogP contribution in [-0.4, -0.2) is 28.5 Å². The number of nitrogens with one attached hydrogen (secondary N) is 1. The molecular weight excluding hydrogens is 182 g/mol. The summed E-state index contributed by atoms with van der Waals surface area (Å²) in [6, 6.07) is 1.35. The minimum Gasteiger partial charge on any atom is -0.387 e. The van der Waals surface area contributed by atoms with Crippen LogP contribution in [0.5, 0.6) is 0 Å². The summed E-state index contributed by atoms with van der Waals surface area (Å²) in [6.45, 7) is 0.518. The number of rotatable bonds is 1. The molecule has 5 nitrogen and oxygen atoms in total. The molecule has 76 valence electrons. The molecule has 2 atom stereocenters. The van der Waals surface area contributed by atoms with Gasteiger partial charge in [0.25, 0.3) is 0 Å². The summed E-state index contributed by atoms with van der Waals surface area (Å²) in [4.78, 5) is 10.7. The zero-order valence-electron chi connectivity index (χ0n) is 7.90. The Morgan fingerprint density at radius 3 is 3.14 bits per heavy atom. The third-order valence-corrected chi connectivity index (χ3v) is 2.65. The number of aliphatic hydroxyl groups excluding tert-OH is 1. The number of aromatic nitrogens is 1. The van der Waals surface area contributed by atoms with Crippen molar-refractivity contribution < 1.29 is 9.90 Å². The summed E-state index contributed by atoms with van der Waals surface area (Å²) in [5.41, 5.74) is 6.92. The first kappa shape index (κ1) is 9.23. The van der Waals surface area contributed by atoms with Gasteiger partial charge in [-0.05, 0) is 6.07 Å². The fourth-order valence-electron chi connectivity index (χ4n) is 1.76. The number of carbonyl (C=O) groups excluding carboxylic acids is 1. The van der Waals surface area contributed by atoms with Crippen LogP contribution in [0.3, 0.4) is 0 Å². The summed E-state index contributed by atoms with van der Waals surface area (Å²) < 4.78 is 1.72. The molecule has 0 saturated carbocycles. The van der Waals surface area contributed by atoms with Gasteiger partial charge in [0.1, 0.15) is 5.82 Å². The van der Waals surface area contributed by atoms with E-state index in [-0.39, 0.29) is 6.04 Å². The maximum absolute atomic E-state index is 10.7. The number of hydrogen-bond acceptors (Lipinski definition) is 4. The van der Waals surface area contributed by atoms with Crippen molar-refractivity contribution in [3.63, 3.8) is 0 Å². The van der Waals surface area contributed by atoms with Crippen LogP contribution in [0.2, 0.25) is 0 Å². The van der Waals surface area contributed by atoms with Gasteiger partial charge in [0.2, 0.25) is 0 Å². The van der Waals surface area contributed by atoms with Crippen molar-refractivity contribution in [2.75, 3.05) is 11.9 Å². The second kappa shape index (κ2) is 3.11. The Balaban J connectivity index is 2.51. The molecule has 2 unspecified atom stereocenters. The molecule has 1 aromatic heterocycles. The molecule has 1 aliphatic heterocycles.